The predicted octanol–water partition coefficient (Wildman–Crippen LogP) is 3.59. The molecule has 1 aromatic rings. The van der Waals surface area contributed by atoms with Crippen LogP contribution in [0.1, 0.15) is 33.1 Å². The van der Waals surface area contributed by atoms with Crippen LogP contribution in [0.3, 0.4) is 0 Å². The maximum absolute atomic E-state index is 5.80. The van der Waals surface area contributed by atoms with Crippen molar-refractivity contribution in [2.45, 2.75) is 45.7 Å². The Bertz CT molecular complexity index is 337. The summed E-state index contributed by atoms with van der Waals surface area (Å²) in [5, 5.41) is 0. The molecular formula is C15H22O3. The first-order valence-electron chi connectivity index (χ1n) is 6.73. The van der Waals surface area contributed by atoms with Gasteiger partial charge in [0.15, 0.2) is 6.29 Å². The maximum atomic E-state index is 5.80. The fourth-order valence-corrected chi connectivity index (χ4v) is 1.92. The Balaban J connectivity index is 1.79. The molecule has 0 N–H and O–H groups in total. The molecule has 0 radical (unpaired) electrons. The smallest absolute Gasteiger partial charge is 0.202 e. The third kappa shape index (κ3) is 4.31. The average Bonchev–Trinajstić information content (AvgIpc) is 2.38. The lowest BCUT2D eigenvalue weighted by Gasteiger charge is -2.30. The molecule has 1 aliphatic heterocycles. The zero-order chi connectivity index (χ0) is 12.8. The van der Waals surface area contributed by atoms with Crippen LogP contribution in [0.5, 0.6) is 5.75 Å². The standard InChI is InChI=1S/C15H22O3/c1-12(2)11-16-14-9-6-10-15(18-14)17-13-7-4-3-5-8-13/h3-5,7-8,12,14-15H,6,9-11H2,1-2H3/t14-,15-/m1/s1. The number of rotatable bonds is 5. The van der Waals surface area contributed by atoms with Crippen molar-refractivity contribution in [1.29, 1.82) is 0 Å². The van der Waals surface area contributed by atoms with E-state index in [1.165, 1.54) is 0 Å². The highest BCUT2D eigenvalue weighted by Crippen LogP contribution is 2.23. The molecule has 0 aromatic heterocycles. The molecule has 0 saturated carbocycles. The Morgan fingerprint density at radius 1 is 1.17 bits per heavy atom. The molecule has 3 nitrogen and oxygen atoms in total. The van der Waals surface area contributed by atoms with Crippen LogP contribution in [0.2, 0.25) is 0 Å². The van der Waals surface area contributed by atoms with Gasteiger partial charge in [-0.3, -0.25) is 0 Å². The summed E-state index contributed by atoms with van der Waals surface area (Å²) in [5.74, 6) is 1.39. The molecule has 18 heavy (non-hydrogen) atoms. The average molecular weight is 250 g/mol. The molecule has 1 aliphatic rings. The molecule has 0 spiro atoms. The molecule has 1 saturated heterocycles. The summed E-state index contributed by atoms with van der Waals surface area (Å²) in [4.78, 5) is 0. The van der Waals surface area contributed by atoms with E-state index in [0.717, 1.165) is 31.6 Å². The monoisotopic (exact) mass is 250 g/mol. The molecule has 100 valence electrons. The zero-order valence-corrected chi connectivity index (χ0v) is 11.2. The first-order valence-corrected chi connectivity index (χ1v) is 6.73. The summed E-state index contributed by atoms with van der Waals surface area (Å²) in [7, 11) is 0. The van der Waals surface area contributed by atoms with Crippen LogP contribution in [0.25, 0.3) is 0 Å². The van der Waals surface area contributed by atoms with Crippen LogP contribution >= 0.6 is 0 Å². The maximum Gasteiger partial charge on any atom is 0.202 e. The molecular weight excluding hydrogens is 228 g/mol. The van der Waals surface area contributed by atoms with Gasteiger partial charge in [0.05, 0.1) is 6.61 Å². The quantitative estimate of drug-likeness (QED) is 0.799. The third-order valence-corrected chi connectivity index (χ3v) is 2.81. The van der Waals surface area contributed by atoms with E-state index in [2.05, 4.69) is 13.8 Å². The van der Waals surface area contributed by atoms with E-state index in [-0.39, 0.29) is 12.6 Å². The van der Waals surface area contributed by atoms with Crippen LogP contribution in [-0.2, 0) is 9.47 Å². The molecule has 0 amide bonds. The number of para-hydroxylation sites is 1. The topological polar surface area (TPSA) is 27.7 Å². The number of hydrogen-bond acceptors (Lipinski definition) is 3. The van der Waals surface area contributed by atoms with Gasteiger partial charge in [-0.25, -0.2) is 0 Å². The van der Waals surface area contributed by atoms with E-state index in [9.17, 15) is 0 Å². The van der Waals surface area contributed by atoms with E-state index in [4.69, 9.17) is 14.2 Å². The fourth-order valence-electron chi connectivity index (χ4n) is 1.92. The van der Waals surface area contributed by atoms with Gasteiger partial charge in [-0.1, -0.05) is 32.0 Å². The van der Waals surface area contributed by atoms with Crippen molar-refractivity contribution >= 4 is 0 Å². The minimum Gasteiger partial charge on any atom is -0.465 e. The summed E-state index contributed by atoms with van der Waals surface area (Å²) < 4.78 is 17.3. The van der Waals surface area contributed by atoms with Gasteiger partial charge in [-0.15, -0.1) is 0 Å². The van der Waals surface area contributed by atoms with Crippen LogP contribution in [-0.4, -0.2) is 19.2 Å². The van der Waals surface area contributed by atoms with E-state index in [1.807, 2.05) is 30.3 Å². The normalized spacial score (nSPS) is 24.2. The molecule has 1 fully saturated rings. The van der Waals surface area contributed by atoms with Gasteiger partial charge in [-0.05, 0) is 30.9 Å². The fraction of sp³-hybridized carbons (Fsp3) is 0.600. The second kappa shape index (κ2) is 6.76. The molecule has 0 aliphatic carbocycles. The Morgan fingerprint density at radius 3 is 2.61 bits per heavy atom. The predicted molar refractivity (Wildman–Crippen MR) is 70.4 cm³/mol. The van der Waals surface area contributed by atoms with Gasteiger partial charge in [0.2, 0.25) is 6.29 Å². The Hall–Kier alpha value is -1.06. The lowest BCUT2D eigenvalue weighted by molar-refractivity contribution is -0.244. The summed E-state index contributed by atoms with van der Waals surface area (Å²) in [5.41, 5.74) is 0. The minimum absolute atomic E-state index is 0.116. The number of benzene rings is 1. The first-order chi connectivity index (χ1) is 8.74. The molecule has 1 heterocycles. The van der Waals surface area contributed by atoms with Crippen molar-refractivity contribution in [2.75, 3.05) is 6.61 Å². The van der Waals surface area contributed by atoms with Crippen LogP contribution in [0, 0.1) is 5.92 Å². The van der Waals surface area contributed by atoms with Crippen molar-refractivity contribution in [3.8, 4) is 5.75 Å². The third-order valence-electron chi connectivity index (χ3n) is 2.81. The van der Waals surface area contributed by atoms with Crippen molar-refractivity contribution in [2.24, 2.45) is 5.92 Å². The van der Waals surface area contributed by atoms with E-state index >= 15 is 0 Å². The van der Waals surface area contributed by atoms with E-state index in [1.54, 1.807) is 0 Å². The molecule has 2 atom stereocenters. The molecule has 3 heteroatoms. The van der Waals surface area contributed by atoms with Crippen molar-refractivity contribution in [3.63, 3.8) is 0 Å². The Kier molecular flexibility index (Phi) is 5.02. The molecule has 0 unspecified atom stereocenters. The van der Waals surface area contributed by atoms with Crippen molar-refractivity contribution in [3.05, 3.63) is 30.3 Å². The lowest BCUT2D eigenvalue weighted by Crippen LogP contribution is -2.34. The minimum atomic E-state index is -0.182. The highest BCUT2D eigenvalue weighted by atomic mass is 16.8. The van der Waals surface area contributed by atoms with E-state index in [0.29, 0.717) is 5.92 Å². The van der Waals surface area contributed by atoms with Gasteiger partial charge >= 0.3 is 0 Å². The Labute approximate surface area is 109 Å². The van der Waals surface area contributed by atoms with Gasteiger partial charge in [0.1, 0.15) is 5.75 Å². The largest absolute Gasteiger partial charge is 0.465 e. The number of hydrogen-bond donors (Lipinski definition) is 0. The second-order valence-electron chi connectivity index (χ2n) is 5.08. The summed E-state index contributed by atoms with van der Waals surface area (Å²) >= 11 is 0. The Morgan fingerprint density at radius 2 is 1.89 bits per heavy atom. The van der Waals surface area contributed by atoms with Crippen molar-refractivity contribution in [1.82, 2.24) is 0 Å². The zero-order valence-electron chi connectivity index (χ0n) is 11.2. The highest BCUT2D eigenvalue weighted by molar-refractivity contribution is 5.21. The van der Waals surface area contributed by atoms with Gasteiger partial charge < -0.3 is 14.2 Å². The second-order valence-corrected chi connectivity index (χ2v) is 5.08. The van der Waals surface area contributed by atoms with Crippen LogP contribution < -0.4 is 4.74 Å². The molecule has 1 aromatic carbocycles. The first kappa shape index (κ1) is 13.4. The SMILES string of the molecule is CC(C)CO[C@H]1CCC[C@H](Oc2ccccc2)O1. The van der Waals surface area contributed by atoms with Gasteiger partial charge in [-0.2, -0.15) is 0 Å². The van der Waals surface area contributed by atoms with Gasteiger partial charge in [0, 0.05) is 6.42 Å². The lowest BCUT2D eigenvalue weighted by atomic mass is 10.2. The van der Waals surface area contributed by atoms with Crippen LogP contribution in [0.4, 0.5) is 0 Å². The van der Waals surface area contributed by atoms with E-state index < -0.39 is 0 Å². The summed E-state index contributed by atoms with van der Waals surface area (Å²) in [6.45, 7) is 5.02. The summed E-state index contributed by atoms with van der Waals surface area (Å²) in [6, 6.07) is 9.79. The van der Waals surface area contributed by atoms with Crippen molar-refractivity contribution < 1.29 is 14.2 Å². The molecule has 2 rings (SSSR count). The summed E-state index contributed by atoms with van der Waals surface area (Å²) in [6.07, 6.45) is 2.67. The van der Waals surface area contributed by atoms with Crippen LogP contribution in [0.15, 0.2) is 30.3 Å². The highest BCUT2D eigenvalue weighted by Gasteiger charge is 2.24. The van der Waals surface area contributed by atoms with Gasteiger partial charge in [0.25, 0.3) is 0 Å². The molecule has 0 bridgehead atoms. The number of ether oxygens (including phenoxy) is 3.